The molecule has 0 N–H and O–H groups in total. The van der Waals surface area contributed by atoms with Crippen molar-refractivity contribution >= 4 is 23.2 Å². The molecule has 2 aromatic carbocycles. The van der Waals surface area contributed by atoms with Gasteiger partial charge < -0.3 is 9.80 Å². The van der Waals surface area contributed by atoms with Crippen LogP contribution in [0.15, 0.2) is 48.5 Å². The van der Waals surface area contributed by atoms with E-state index in [2.05, 4.69) is 0 Å². The normalized spacial score (nSPS) is 17.0. The highest BCUT2D eigenvalue weighted by molar-refractivity contribution is 6.04. The van der Waals surface area contributed by atoms with Crippen LogP contribution in [0, 0.1) is 17.6 Å². The molecule has 1 saturated heterocycles. The van der Waals surface area contributed by atoms with Gasteiger partial charge in [0.1, 0.15) is 17.3 Å². The van der Waals surface area contributed by atoms with E-state index in [4.69, 9.17) is 0 Å². The highest BCUT2D eigenvalue weighted by atomic mass is 19.1. The Labute approximate surface area is 144 Å². The van der Waals surface area contributed by atoms with Crippen molar-refractivity contribution in [2.45, 2.75) is 13.3 Å². The van der Waals surface area contributed by atoms with Crippen molar-refractivity contribution in [2.24, 2.45) is 5.92 Å². The number of hydrogen-bond donors (Lipinski definition) is 0. The predicted molar refractivity (Wildman–Crippen MR) is 91.3 cm³/mol. The van der Waals surface area contributed by atoms with Crippen molar-refractivity contribution in [1.82, 2.24) is 0 Å². The monoisotopic (exact) mass is 344 g/mol. The van der Waals surface area contributed by atoms with Crippen LogP contribution in [0.1, 0.15) is 13.3 Å². The number of para-hydroxylation sites is 2. The molecule has 2 aromatic rings. The Morgan fingerprint density at radius 2 is 1.76 bits per heavy atom. The van der Waals surface area contributed by atoms with Gasteiger partial charge in [0.05, 0.1) is 5.92 Å². The van der Waals surface area contributed by atoms with Gasteiger partial charge in [-0.2, -0.15) is 0 Å². The van der Waals surface area contributed by atoms with E-state index in [1.807, 2.05) is 37.3 Å². The maximum Gasteiger partial charge on any atom is 0.232 e. The zero-order chi connectivity index (χ0) is 18.0. The minimum Gasteiger partial charge on any atom is -0.312 e. The first kappa shape index (κ1) is 17.1. The van der Waals surface area contributed by atoms with Crippen molar-refractivity contribution < 1.29 is 18.4 Å². The summed E-state index contributed by atoms with van der Waals surface area (Å²) in [5.41, 5.74) is 0.350. The Hall–Kier alpha value is -2.76. The van der Waals surface area contributed by atoms with Crippen LogP contribution in [0.4, 0.5) is 20.2 Å². The molecule has 6 heteroatoms. The molecule has 4 nitrogen and oxygen atoms in total. The van der Waals surface area contributed by atoms with E-state index in [0.717, 1.165) is 22.7 Å². The highest BCUT2D eigenvalue weighted by Crippen LogP contribution is 2.31. The molecule has 1 atom stereocenters. The lowest BCUT2D eigenvalue weighted by molar-refractivity contribution is -0.124. The summed E-state index contributed by atoms with van der Waals surface area (Å²) in [6.45, 7) is 2.26. The second-order valence-corrected chi connectivity index (χ2v) is 5.89. The Bertz CT molecular complexity index is 775. The number of anilines is 2. The van der Waals surface area contributed by atoms with Crippen LogP contribution < -0.4 is 9.80 Å². The molecule has 0 aliphatic carbocycles. The standard InChI is InChI=1S/C19H18F2N2O2/c1-2-22(14-7-4-3-5-8-14)19(25)13-11-17(24)23(12-13)18-15(20)9-6-10-16(18)21/h3-10,13H,2,11-12H2,1H3. The maximum atomic E-state index is 14.0. The van der Waals surface area contributed by atoms with E-state index in [1.165, 1.54) is 6.07 Å². The number of carbonyl (C=O) groups excluding carboxylic acids is 2. The summed E-state index contributed by atoms with van der Waals surface area (Å²) in [4.78, 5) is 27.7. The molecular formula is C19H18F2N2O2. The smallest absolute Gasteiger partial charge is 0.232 e. The summed E-state index contributed by atoms with van der Waals surface area (Å²) in [6.07, 6.45) is -0.0596. The summed E-state index contributed by atoms with van der Waals surface area (Å²) in [5.74, 6) is -2.92. The first-order valence-corrected chi connectivity index (χ1v) is 8.13. The Balaban J connectivity index is 1.83. The summed E-state index contributed by atoms with van der Waals surface area (Å²) < 4.78 is 27.9. The lowest BCUT2D eigenvalue weighted by Crippen LogP contribution is -2.37. The van der Waals surface area contributed by atoms with Crippen LogP contribution in [-0.4, -0.2) is 24.9 Å². The molecule has 2 amide bonds. The molecule has 1 unspecified atom stereocenters. The number of benzene rings is 2. The fourth-order valence-corrected chi connectivity index (χ4v) is 3.13. The lowest BCUT2D eigenvalue weighted by Gasteiger charge is -2.24. The summed E-state index contributed by atoms with van der Waals surface area (Å²) in [5, 5.41) is 0. The molecule has 1 aliphatic heterocycles. The van der Waals surface area contributed by atoms with E-state index in [1.54, 1.807) is 4.90 Å². The number of nitrogens with zero attached hydrogens (tertiary/aromatic N) is 2. The van der Waals surface area contributed by atoms with Gasteiger partial charge in [0.25, 0.3) is 0 Å². The van der Waals surface area contributed by atoms with Gasteiger partial charge in [-0.25, -0.2) is 8.78 Å². The van der Waals surface area contributed by atoms with Crippen LogP contribution in [0.3, 0.4) is 0 Å². The van der Waals surface area contributed by atoms with Gasteiger partial charge in [0.2, 0.25) is 11.8 Å². The zero-order valence-electron chi connectivity index (χ0n) is 13.8. The molecule has 1 fully saturated rings. The van der Waals surface area contributed by atoms with Gasteiger partial charge in [0, 0.05) is 25.2 Å². The Kier molecular flexibility index (Phi) is 4.79. The molecule has 130 valence electrons. The molecule has 0 aromatic heterocycles. The van der Waals surface area contributed by atoms with E-state index in [9.17, 15) is 18.4 Å². The van der Waals surface area contributed by atoms with Crippen molar-refractivity contribution in [1.29, 1.82) is 0 Å². The third-order valence-corrected chi connectivity index (χ3v) is 4.33. The largest absolute Gasteiger partial charge is 0.312 e. The SMILES string of the molecule is CCN(C(=O)C1CC(=O)N(c2c(F)cccc2F)C1)c1ccccc1. The average molecular weight is 344 g/mol. The van der Waals surface area contributed by atoms with Crippen LogP contribution in [0.2, 0.25) is 0 Å². The van der Waals surface area contributed by atoms with Crippen LogP contribution in [0.25, 0.3) is 0 Å². The van der Waals surface area contributed by atoms with Crippen LogP contribution in [-0.2, 0) is 9.59 Å². The second-order valence-electron chi connectivity index (χ2n) is 5.89. The molecule has 0 bridgehead atoms. The molecule has 25 heavy (non-hydrogen) atoms. The van der Waals surface area contributed by atoms with Gasteiger partial charge >= 0.3 is 0 Å². The number of carbonyl (C=O) groups is 2. The minimum absolute atomic E-state index is 0.0289. The second kappa shape index (κ2) is 7.01. The average Bonchev–Trinajstić information content (AvgIpc) is 2.98. The van der Waals surface area contributed by atoms with E-state index < -0.39 is 23.5 Å². The van der Waals surface area contributed by atoms with Crippen LogP contribution in [0.5, 0.6) is 0 Å². The van der Waals surface area contributed by atoms with Gasteiger partial charge in [-0.15, -0.1) is 0 Å². The number of amides is 2. The van der Waals surface area contributed by atoms with Gasteiger partial charge in [0.15, 0.2) is 0 Å². The number of halogens is 2. The first-order chi connectivity index (χ1) is 12.0. The van der Waals surface area contributed by atoms with Crippen LogP contribution >= 0.6 is 0 Å². The van der Waals surface area contributed by atoms with Gasteiger partial charge in [-0.1, -0.05) is 24.3 Å². The Morgan fingerprint density at radius 1 is 1.12 bits per heavy atom. The minimum atomic E-state index is -0.808. The third-order valence-electron chi connectivity index (χ3n) is 4.33. The molecule has 0 saturated carbocycles. The van der Waals surface area contributed by atoms with E-state index >= 15 is 0 Å². The topological polar surface area (TPSA) is 40.6 Å². The molecular weight excluding hydrogens is 326 g/mol. The zero-order valence-corrected chi connectivity index (χ0v) is 13.8. The maximum absolute atomic E-state index is 14.0. The lowest BCUT2D eigenvalue weighted by atomic mass is 10.1. The van der Waals surface area contributed by atoms with Crippen molar-refractivity contribution in [3.05, 3.63) is 60.2 Å². The molecule has 0 radical (unpaired) electrons. The fourth-order valence-electron chi connectivity index (χ4n) is 3.13. The van der Waals surface area contributed by atoms with E-state index in [0.29, 0.717) is 6.54 Å². The number of rotatable bonds is 4. The third kappa shape index (κ3) is 3.24. The highest BCUT2D eigenvalue weighted by Gasteiger charge is 2.39. The van der Waals surface area contributed by atoms with Gasteiger partial charge in [-0.05, 0) is 31.2 Å². The van der Waals surface area contributed by atoms with E-state index in [-0.39, 0.29) is 24.6 Å². The summed E-state index contributed by atoms with van der Waals surface area (Å²) in [6, 6.07) is 12.6. The fraction of sp³-hybridized carbons (Fsp3) is 0.263. The van der Waals surface area contributed by atoms with Gasteiger partial charge in [-0.3, -0.25) is 9.59 Å². The number of hydrogen-bond acceptors (Lipinski definition) is 2. The Morgan fingerprint density at radius 3 is 2.36 bits per heavy atom. The van der Waals surface area contributed by atoms with Crippen molar-refractivity contribution in [3.63, 3.8) is 0 Å². The quantitative estimate of drug-likeness (QED) is 0.853. The summed E-state index contributed by atoms with van der Waals surface area (Å²) in [7, 11) is 0. The first-order valence-electron chi connectivity index (χ1n) is 8.13. The van der Waals surface area contributed by atoms with Crippen molar-refractivity contribution in [2.75, 3.05) is 22.9 Å². The molecule has 1 aliphatic rings. The summed E-state index contributed by atoms with van der Waals surface area (Å²) >= 11 is 0. The molecule has 1 heterocycles. The molecule has 0 spiro atoms. The predicted octanol–water partition coefficient (Wildman–Crippen LogP) is 3.37. The molecule has 3 rings (SSSR count). The van der Waals surface area contributed by atoms with Crippen molar-refractivity contribution in [3.8, 4) is 0 Å².